The van der Waals surface area contributed by atoms with Crippen molar-refractivity contribution in [3.63, 3.8) is 0 Å². The number of fused-ring (bicyclic) bond motifs is 1. The van der Waals surface area contributed by atoms with Crippen LogP contribution in [0.15, 0.2) is 30.5 Å². The predicted molar refractivity (Wildman–Crippen MR) is 119 cm³/mol. The number of aliphatic hydroxyl groups excluding tert-OH is 1. The van der Waals surface area contributed by atoms with Gasteiger partial charge >= 0.3 is 5.97 Å². The number of nitrogens with zero attached hydrogens (tertiary/aromatic N) is 1. The molecular weight excluding hydrogens is 430 g/mol. The summed E-state index contributed by atoms with van der Waals surface area (Å²) in [7, 11) is 0. The minimum atomic E-state index is -1.32. The molecule has 1 fully saturated rings. The first-order valence-electron chi connectivity index (χ1n) is 10.8. The van der Waals surface area contributed by atoms with Gasteiger partial charge in [0.1, 0.15) is 12.1 Å². The van der Waals surface area contributed by atoms with E-state index in [-0.39, 0.29) is 13.0 Å². The zero-order valence-electron chi connectivity index (χ0n) is 18.3. The number of para-hydroxylation sites is 1. The van der Waals surface area contributed by atoms with E-state index in [4.69, 9.17) is 5.73 Å². The summed E-state index contributed by atoms with van der Waals surface area (Å²) >= 11 is 0. The van der Waals surface area contributed by atoms with Gasteiger partial charge in [0.05, 0.1) is 18.7 Å². The highest BCUT2D eigenvalue weighted by Gasteiger charge is 2.39. The van der Waals surface area contributed by atoms with Crippen LogP contribution in [0.2, 0.25) is 0 Å². The Morgan fingerprint density at radius 3 is 2.70 bits per heavy atom. The molecule has 11 heteroatoms. The van der Waals surface area contributed by atoms with Crippen molar-refractivity contribution in [2.45, 2.75) is 50.4 Å². The second-order valence-corrected chi connectivity index (χ2v) is 8.20. The largest absolute Gasteiger partial charge is 0.480 e. The Hall–Kier alpha value is -3.44. The van der Waals surface area contributed by atoms with Gasteiger partial charge in [0.25, 0.3) is 0 Å². The minimum absolute atomic E-state index is 0.230. The zero-order valence-corrected chi connectivity index (χ0v) is 18.3. The highest BCUT2D eigenvalue weighted by molar-refractivity contribution is 5.93. The van der Waals surface area contributed by atoms with Crippen LogP contribution in [0.1, 0.15) is 25.3 Å². The van der Waals surface area contributed by atoms with Crippen LogP contribution in [0, 0.1) is 0 Å². The van der Waals surface area contributed by atoms with Crippen molar-refractivity contribution >= 4 is 34.6 Å². The molecule has 3 rings (SSSR count). The highest BCUT2D eigenvalue weighted by Crippen LogP contribution is 2.20. The summed E-state index contributed by atoms with van der Waals surface area (Å²) in [5.41, 5.74) is 7.79. The number of benzene rings is 1. The van der Waals surface area contributed by atoms with Crippen LogP contribution >= 0.6 is 0 Å². The van der Waals surface area contributed by atoms with Crippen molar-refractivity contribution in [1.29, 1.82) is 0 Å². The number of nitrogens with two attached hydrogens (primary N) is 1. The number of aliphatic carboxylic acids is 1. The molecule has 0 radical (unpaired) electrons. The number of aromatic nitrogens is 1. The molecule has 1 aromatic carbocycles. The summed E-state index contributed by atoms with van der Waals surface area (Å²) < 4.78 is 0. The second-order valence-electron chi connectivity index (χ2n) is 8.20. The Kier molecular flexibility index (Phi) is 7.67. The van der Waals surface area contributed by atoms with Gasteiger partial charge < -0.3 is 36.5 Å². The smallest absolute Gasteiger partial charge is 0.326 e. The summed E-state index contributed by atoms with van der Waals surface area (Å²) in [5, 5.41) is 25.0. The Labute approximate surface area is 190 Å². The standard InChI is InChI=1S/C22H29N5O6/c1-12(28)19(21(31)27-8-4-7-17(27)22(32)33)26-18(29)11-25-20(30)15(23)9-13-10-24-16-6-3-2-5-14(13)16/h2-3,5-6,10,12,15,17,19,24,28H,4,7-9,11,23H2,1H3,(H,25,30)(H,26,29)(H,32,33). The Morgan fingerprint density at radius 2 is 2.00 bits per heavy atom. The molecule has 0 saturated carbocycles. The number of H-pyrrole nitrogens is 1. The van der Waals surface area contributed by atoms with E-state index in [2.05, 4.69) is 15.6 Å². The molecular formula is C22H29N5O6. The summed E-state index contributed by atoms with van der Waals surface area (Å²) in [6.07, 6.45) is 1.62. The number of aromatic amines is 1. The lowest BCUT2D eigenvalue weighted by atomic mass is 10.1. The number of carbonyl (C=O) groups is 4. The molecule has 4 unspecified atom stereocenters. The quantitative estimate of drug-likeness (QED) is 0.281. The summed E-state index contributed by atoms with van der Waals surface area (Å²) in [5.74, 6) is -3.05. The number of rotatable bonds is 9. The molecule has 0 bridgehead atoms. The molecule has 2 heterocycles. The number of carboxylic acids is 1. The number of hydrogen-bond acceptors (Lipinski definition) is 6. The lowest BCUT2D eigenvalue weighted by Gasteiger charge is -2.28. The van der Waals surface area contributed by atoms with E-state index in [0.717, 1.165) is 21.4 Å². The molecule has 0 spiro atoms. The zero-order chi connectivity index (χ0) is 24.1. The number of likely N-dealkylation sites (tertiary alicyclic amines) is 1. The van der Waals surface area contributed by atoms with Crippen LogP contribution < -0.4 is 16.4 Å². The fraction of sp³-hybridized carbons (Fsp3) is 0.455. The van der Waals surface area contributed by atoms with Gasteiger partial charge in [-0.25, -0.2) is 4.79 Å². The van der Waals surface area contributed by atoms with Gasteiger partial charge in [-0.05, 0) is 37.8 Å². The van der Waals surface area contributed by atoms with Gasteiger partial charge in [-0.2, -0.15) is 0 Å². The van der Waals surface area contributed by atoms with Crippen LogP contribution in [0.5, 0.6) is 0 Å². The average molecular weight is 460 g/mol. The molecule has 2 aromatic rings. The van der Waals surface area contributed by atoms with E-state index in [9.17, 15) is 29.4 Å². The maximum Gasteiger partial charge on any atom is 0.326 e. The topological polar surface area (TPSA) is 178 Å². The van der Waals surface area contributed by atoms with Crippen molar-refractivity contribution in [2.75, 3.05) is 13.1 Å². The molecule has 7 N–H and O–H groups in total. The van der Waals surface area contributed by atoms with Gasteiger partial charge in [0.15, 0.2) is 0 Å². The molecule has 178 valence electrons. The number of carboxylic acid groups (broad SMARTS) is 1. The van der Waals surface area contributed by atoms with Gasteiger partial charge in [-0.1, -0.05) is 18.2 Å². The summed E-state index contributed by atoms with van der Waals surface area (Å²) in [6.45, 7) is 1.11. The normalized spacial score (nSPS) is 18.5. The van der Waals surface area contributed by atoms with Crippen molar-refractivity contribution in [3.05, 3.63) is 36.0 Å². The van der Waals surface area contributed by atoms with E-state index >= 15 is 0 Å². The first-order valence-corrected chi connectivity index (χ1v) is 10.8. The molecule has 1 aromatic heterocycles. The maximum atomic E-state index is 12.7. The number of aliphatic hydroxyl groups is 1. The predicted octanol–water partition coefficient (Wildman–Crippen LogP) is -0.905. The third-order valence-electron chi connectivity index (χ3n) is 5.76. The van der Waals surface area contributed by atoms with Crippen molar-refractivity contribution in [3.8, 4) is 0 Å². The van der Waals surface area contributed by atoms with Crippen molar-refractivity contribution in [1.82, 2.24) is 20.5 Å². The van der Waals surface area contributed by atoms with Gasteiger partial charge in [-0.3, -0.25) is 14.4 Å². The number of carbonyl (C=O) groups excluding carboxylic acids is 3. The second kappa shape index (κ2) is 10.5. The number of amides is 3. The van der Waals surface area contributed by atoms with Gasteiger partial charge in [-0.15, -0.1) is 0 Å². The average Bonchev–Trinajstić information content (AvgIpc) is 3.43. The van der Waals surface area contributed by atoms with E-state index in [1.165, 1.54) is 6.92 Å². The lowest BCUT2D eigenvalue weighted by Crippen LogP contribution is -2.57. The molecule has 33 heavy (non-hydrogen) atoms. The molecule has 1 aliphatic rings. The van der Waals surface area contributed by atoms with Gasteiger partial charge in [0, 0.05) is 23.6 Å². The minimum Gasteiger partial charge on any atom is -0.480 e. The van der Waals surface area contributed by atoms with Crippen LogP contribution in [0.4, 0.5) is 0 Å². The Morgan fingerprint density at radius 1 is 1.27 bits per heavy atom. The number of nitrogens with one attached hydrogen (secondary N) is 3. The Balaban J connectivity index is 1.53. The maximum absolute atomic E-state index is 12.7. The van der Waals surface area contributed by atoms with E-state index in [0.29, 0.717) is 12.8 Å². The fourth-order valence-corrected chi connectivity index (χ4v) is 4.01. The third kappa shape index (κ3) is 5.68. The fourth-order valence-electron chi connectivity index (χ4n) is 4.01. The van der Waals surface area contributed by atoms with Crippen molar-refractivity contribution in [2.24, 2.45) is 5.73 Å². The number of hydrogen-bond donors (Lipinski definition) is 6. The molecule has 11 nitrogen and oxygen atoms in total. The SMILES string of the molecule is CC(O)C(NC(=O)CNC(=O)C(N)Cc1c[nH]c2ccccc12)C(=O)N1CCCC1C(=O)O. The molecule has 3 amide bonds. The van der Waals surface area contributed by atoms with E-state index in [1.807, 2.05) is 24.3 Å². The van der Waals surface area contributed by atoms with Crippen molar-refractivity contribution < 1.29 is 29.4 Å². The molecule has 1 saturated heterocycles. The molecule has 0 aliphatic carbocycles. The van der Waals surface area contributed by atoms with E-state index in [1.54, 1.807) is 6.20 Å². The first kappa shape index (κ1) is 24.2. The third-order valence-corrected chi connectivity index (χ3v) is 5.76. The first-order chi connectivity index (χ1) is 15.7. The van der Waals surface area contributed by atoms with E-state index < -0.39 is 54.5 Å². The molecule has 1 aliphatic heterocycles. The van der Waals surface area contributed by atoms with Crippen LogP contribution in [-0.4, -0.2) is 81.1 Å². The molecule has 4 atom stereocenters. The van der Waals surface area contributed by atoms with Crippen LogP contribution in [0.3, 0.4) is 0 Å². The van der Waals surface area contributed by atoms with Gasteiger partial charge in [0.2, 0.25) is 17.7 Å². The summed E-state index contributed by atoms with van der Waals surface area (Å²) in [6, 6.07) is 4.40. The van der Waals surface area contributed by atoms with Crippen LogP contribution in [0.25, 0.3) is 10.9 Å². The highest BCUT2D eigenvalue weighted by atomic mass is 16.4. The monoisotopic (exact) mass is 459 g/mol. The lowest BCUT2D eigenvalue weighted by molar-refractivity contribution is -0.150. The van der Waals surface area contributed by atoms with Crippen LogP contribution in [-0.2, 0) is 25.6 Å². The Bertz CT molecular complexity index is 1040. The summed E-state index contributed by atoms with van der Waals surface area (Å²) in [4.78, 5) is 53.1.